The molecule has 2 aromatic rings. The molecule has 0 aliphatic rings. The predicted molar refractivity (Wildman–Crippen MR) is 91.1 cm³/mol. The first-order valence-corrected chi connectivity index (χ1v) is 7.98. The van der Waals surface area contributed by atoms with Crippen LogP contribution in [-0.2, 0) is 11.3 Å². The van der Waals surface area contributed by atoms with E-state index in [9.17, 15) is 4.79 Å². The fraction of sp³-hybridized carbons (Fsp3) is 0.444. The van der Waals surface area contributed by atoms with Gasteiger partial charge >= 0.3 is 6.09 Å². The van der Waals surface area contributed by atoms with Crippen LogP contribution in [0.4, 0.5) is 4.79 Å². The fourth-order valence-electron chi connectivity index (χ4n) is 2.26. The fourth-order valence-corrected chi connectivity index (χ4v) is 2.26. The van der Waals surface area contributed by atoms with Crippen molar-refractivity contribution in [3.8, 4) is 11.3 Å². The van der Waals surface area contributed by atoms with Crippen LogP contribution < -0.4 is 5.32 Å². The van der Waals surface area contributed by atoms with Gasteiger partial charge in [-0.25, -0.2) is 9.78 Å². The molecule has 0 aliphatic carbocycles. The van der Waals surface area contributed by atoms with Crippen LogP contribution in [0.2, 0.25) is 0 Å². The van der Waals surface area contributed by atoms with Gasteiger partial charge in [-0.2, -0.15) is 0 Å². The molecule has 0 saturated carbocycles. The molecule has 1 aromatic carbocycles. The molecule has 5 heteroatoms. The summed E-state index contributed by atoms with van der Waals surface area (Å²) in [5.41, 5.74) is 1.83. The lowest BCUT2D eigenvalue weighted by molar-refractivity contribution is 0.0527. The Morgan fingerprint density at radius 3 is 2.65 bits per heavy atom. The molecule has 0 saturated heterocycles. The highest BCUT2D eigenvalue weighted by atomic mass is 16.6. The Morgan fingerprint density at radius 1 is 1.22 bits per heavy atom. The van der Waals surface area contributed by atoms with Crippen molar-refractivity contribution in [3.63, 3.8) is 0 Å². The van der Waals surface area contributed by atoms with Crippen LogP contribution in [0, 0.1) is 0 Å². The van der Waals surface area contributed by atoms with E-state index >= 15 is 0 Å². The van der Waals surface area contributed by atoms with Crippen molar-refractivity contribution in [1.82, 2.24) is 14.9 Å². The number of unbranched alkanes of at least 4 members (excludes halogenated alkanes) is 1. The quantitative estimate of drug-likeness (QED) is 0.824. The molecule has 0 unspecified atom stereocenters. The van der Waals surface area contributed by atoms with Crippen molar-refractivity contribution in [2.24, 2.45) is 0 Å². The van der Waals surface area contributed by atoms with Gasteiger partial charge in [-0.05, 0) is 39.2 Å². The maximum absolute atomic E-state index is 11.5. The number of carbonyl (C=O) groups is 1. The molecule has 124 valence electrons. The van der Waals surface area contributed by atoms with Crippen molar-refractivity contribution >= 4 is 6.09 Å². The van der Waals surface area contributed by atoms with Crippen LogP contribution >= 0.6 is 0 Å². The van der Waals surface area contributed by atoms with Crippen LogP contribution in [0.3, 0.4) is 0 Å². The van der Waals surface area contributed by atoms with Crippen LogP contribution in [0.1, 0.15) is 33.6 Å². The number of hydrogen-bond acceptors (Lipinski definition) is 3. The number of nitrogens with zero attached hydrogens (tertiary/aromatic N) is 2. The predicted octanol–water partition coefficient (Wildman–Crippen LogP) is 3.86. The molecule has 1 heterocycles. The molecule has 23 heavy (non-hydrogen) atoms. The highest BCUT2D eigenvalue weighted by molar-refractivity contribution is 5.67. The number of ether oxygens (including phenoxy) is 1. The van der Waals surface area contributed by atoms with Crippen LogP contribution in [0.25, 0.3) is 11.3 Å². The zero-order chi connectivity index (χ0) is 16.7. The average Bonchev–Trinajstić information content (AvgIpc) is 2.94. The second-order valence-electron chi connectivity index (χ2n) is 6.47. The van der Waals surface area contributed by atoms with Gasteiger partial charge in [-0.1, -0.05) is 30.3 Å². The van der Waals surface area contributed by atoms with E-state index in [1.54, 1.807) is 0 Å². The highest BCUT2D eigenvalue weighted by Gasteiger charge is 2.15. The van der Waals surface area contributed by atoms with Gasteiger partial charge in [0.2, 0.25) is 0 Å². The van der Waals surface area contributed by atoms with Crippen LogP contribution in [0.15, 0.2) is 42.9 Å². The molecular formula is C18H25N3O2. The number of hydrogen-bond donors (Lipinski definition) is 1. The van der Waals surface area contributed by atoms with E-state index in [1.165, 1.54) is 0 Å². The van der Waals surface area contributed by atoms with Crippen LogP contribution in [-0.4, -0.2) is 27.8 Å². The maximum atomic E-state index is 11.5. The van der Waals surface area contributed by atoms with Crippen LogP contribution in [0.5, 0.6) is 0 Å². The number of aryl methyl sites for hydroxylation is 1. The Bertz CT molecular complexity index is 615. The number of amides is 1. The maximum Gasteiger partial charge on any atom is 0.407 e. The van der Waals surface area contributed by atoms with E-state index in [4.69, 9.17) is 4.74 Å². The van der Waals surface area contributed by atoms with Gasteiger partial charge in [0.1, 0.15) is 5.60 Å². The Labute approximate surface area is 137 Å². The molecule has 2 rings (SSSR count). The number of aromatic nitrogens is 2. The van der Waals surface area contributed by atoms with Crippen molar-refractivity contribution in [1.29, 1.82) is 0 Å². The largest absolute Gasteiger partial charge is 0.444 e. The summed E-state index contributed by atoms with van der Waals surface area (Å²) in [5.74, 6) is 0. The van der Waals surface area contributed by atoms with E-state index in [0.29, 0.717) is 6.54 Å². The topological polar surface area (TPSA) is 56.1 Å². The Morgan fingerprint density at radius 2 is 1.96 bits per heavy atom. The Kier molecular flexibility index (Phi) is 5.79. The molecule has 1 N–H and O–H groups in total. The molecule has 0 bridgehead atoms. The number of benzene rings is 1. The minimum Gasteiger partial charge on any atom is -0.444 e. The molecule has 0 spiro atoms. The highest BCUT2D eigenvalue weighted by Crippen LogP contribution is 2.18. The monoisotopic (exact) mass is 315 g/mol. The Hall–Kier alpha value is -2.30. The molecular weight excluding hydrogens is 290 g/mol. The molecule has 0 fully saturated rings. The van der Waals surface area contributed by atoms with Gasteiger partial charge in [0.05, 0.1) is 18.2 Å². The molecule has 0 atom stereocenters. The lowest BCUT2D eigenvalue weighted by atomic mass is 10.1. The first kappa shape index (κ1) is 17.1. The lowest BCUT2D eigenvalue weighted by Crippen LogP contribution is -2.33. The van der Waals surface area contributed by atoms with Crippen molar-refractivity contribution in [2.45, 2.75) is 45.8 Å². The third-order valence-corrected chi connectivity index (χ3v) is 3.28. The van der Waals surface area contributed by atoms with Gasteiger partial charge < -0.3 is 14.6 Å². The summed E-state index contributed by atoms with van der Waals surface area (Å²) in [6.07, 6.45) is 5.24. The average molecular weight is 315 g/mol. The summed E-state index contributed by atoms with van der Waals surface area (Å²) in [6.45, 7) is 7.06. The van der Waals surface area contributed by atoms with Gasteiger partial charge in [0.15, 0.2) is 0 Å². The number of imidazole rings is 1. The summed E-state index contributed by atoms with van der Waals surface area (Å²) in [6, 6.07) is 10.2. The lowest BCUT2D eigenvalue weighted by Gasteiger charge is -2.19. The molecule has 0 radical (unpaired) electrons. The van der Waals surface area contributed by atoms with E-state index in [1.807, 2.05) is 51.5 Å². The zero-order valence-electron chi connectivity index (χ0n) is 14.1. The second kappa shape index (κ2) is 7.81. The van der Waals surface area contributed by atoms with Crippen molar-refractivity contribution in [2.75, 3.05) is 6.54 Å². The minimum absolute atomic E-state index is 0.356. The first-order chi connectivity index (χ1) is 11.0. The number of carbonyl (C=O) groups excluding carboxylic acids is 1. The Balaban J connectivity index is 1.74. The third kappa shape index (κ3) is 5.77. The van der Waals surface area contributed by atoms with Gasteiger partial charge in [0, 0.05) is 13.1 Å². The second-order valence-corrected chi connectivity index (χ2v) is 6.47. The molecule has 1 amide bonds. The van der Waals surface area contributed by atoms with E-state index < -0.39 is 5.60 Å². The summed E-state index contributed by atoms with van der Waals surface area (Å²) in [4.78, 5) is 15.8. The van der Waals surface area contributed by atoms with Gasteiger partial charge in [-0.3, -0.25) is 0 Å². The first-order valence-electron chi connectivity index (χ1n) is 7.98. The number of alkyl carbamates (subject to hydrolysis) is 1. The standard InChI is InChI=1S/C18H25N3O2/c1-18(2,3)23-17(22)20-11-7-8-12-21-14-19-13-16(21)15-9-5-4-6-10-15/h4-6,9-10,13-14H,7-8,11-12H2,1-3H3,(H,20,22). The number of nitrogens with one attached hydrogen (secondary N) is 1. The summed E-state index contributed by atoms with van der Waals surface area (Å²) < 4.78 is 7.34. The summed E-state index contributed by atoms with van der Waals surface area (Å²) in [5, 5.41) is 2.78. The SMILES string of the molecule is CC(C)(C)OC(=O)NCCCCn1cncc1-c1ccccc1. The zero-order valence-corrected chi connectivity index (χ0v) is 14.1. The van der Waals surface area contributed by atoms with Crippen molar-refractivity contribution in [3.05, 3.63) is 42.9 Å². The third-order valence-electron chi connectivity index (χ3n) is 3.28. The van der Waals surface area contributed by atoms with Gasteiger partial charge in [0.25, 0.3) is 0 Å². The molecule has 5 nitrogen and oxygen atoms in total. The number of rotatable bonds is 6. The van der Waals surface area contributed by atoms with E-state index in [2.05, 4.69) is 27.0 Å². The smallest absolute Gasteiger partial charge is 0.407 e. The molecule has 0 aliphatic heterocycles. The normalized spacial score (nSPS) is 11.3. The van der Waals surface area contributed by atoms with Gasteiger partial charge in [-0.15, -0.1) is 0 Å². The molecule has 1 aromatic heterocycles. The van der Waals surface area contributed by atoms with E-state index in [0.717, 1.165) is 30.6 Å². The van der Waals surface area contributed by atoms with E-state index in [-0.39, 0.29) is 6.09 Å². The summed E-state index contributed by atoms with van der Waals surface area (Å²) >= 11 is 0. The van der Waals surface area contributed by atoms with Crippen molar-refractivity contribution < 1.29 is 9.53 Å². The minimum atomic E-state index is -0.453. The summed E-state index contributed by atoms with van der Waals surface area (Å²) in [7, 11) is 0.